The number of nitriles is 1. The number of nitrogens with zero attached hydrogens (tertiary/aromatic N) is 15. The molecule has 0 amide bonds. The summed E-state index contributed by atoms with van der Waals surface area (Å²) < 4.78 is 112. The number of rotatable bonds is 21. The summed E-state index contributed by atoms with van der Waals surface area (Å²) in [6.45, 7) is 0. The first-order valence-electron chi connectivity index (χ1n) is 41.4. The molecule has 12 aromatic heterocycles. The van der Waals surface area contributed by atoms with Crippen molar-refractivity contribution >= 4 is 120 Å². The third-order valence-electron chi connectivity index (χ3n) is 18.8. The minimum atomic E-state index is -4.89. The molecule has 0 aliphatic rings. The van der Waals surface area contributed by atoms with Crippen LogP contribution in [0.1, 0.15) is 135 Å². The average Bonchev–Trinajstić information content (AvgIpc) is 1.72. The summed E-state index contributed by atoms with van der Waals surface area (Å²) in [5.74, 6) is -0.387. The SMILES string of the molecule is N#Cc1cccc(C(=O)n2ccc(/C=C/c3ccco3)n2)c1.O=C(c1ccc(-n2cccn2)cc1)n1ccc(/C=C/c2ccccc2)n1.O=C(c1cccc(OC(F)(F)F)c1)n1ccc(/C=C/c2ccco2)n1.O=C(c1ccccc1)n1ccc(/C=C/c2ccco2)n1.O=C(c1ccccc1OC(F)(F)F)n1ccc(/C=C/c2ccco2)n1.O=C(c1cccs1)n1ccc(/C=C/c2ccccc2)n1. The van der Waals surface area contributed by atoms with Crippen LogP contribution in [0.5, 0.6) is 11.5 Å². The highest BCUT2D eigenvalue weighted by Gasteiger charge is 2.34. The Bertz CT molecular complexity index is 7430. The molecule has 0 saturated heterocycles. The maximum Gasteiger partial charge on any atom is 0.573 e. The molecule has 0 radical (unpaired) electrons. The summed E-state index contributed by atoms with van der Waals surface area (Å²) in [5.41, 5.74) is 8.68. The normalized spacial score (nSPS) is 11.3. The van der Waals surface area contributed by atoms with Gasteiger partial charge in [0.15, 0.2) is 0 Å². The van der Waals surface area contributed by atoms with Crippen LogP contribution in [0.25, 0.3) is 78.6 Å². The molecule has 12 heterocycles. The van der Waals surface area contributed by atoms with Crippen LogP contribution in [-0.4, -0.2) is 117 Å². The number of hydrogen-bond donors (Lipinski definition) is 0. The zero-order valence-corrected chi connectivity index (χ0v) is 72.7. The van der Waals surface area contributed by atoms with Gasteiger partial charge in [-0.2, -0.15) is 41.0 Å². The van der Waals surface area contributed by atoms with E-state index >= 15 is 0 Å². The molecule has 684 valence electrons. The summed E-state index contributed by atoms with van der Waals surface area (Å²) in [6, 6.07) is 84.8. The van der Waals surface area contributed by atoms with Gasteiger partial charge < -0.3 is 27.1 Å². The molecule has 34 heteroatoms. The zero-order chi connectivity index (χ0) is 96.4. The summed E-state index contributed by atoms with van der Waals surface area (Å²) in [5, 5.41) is 40.1. The number of benzene rings is 7. The molecule has 7 aromatic carbocycles. The van der Waals surface area contributed by atoms with Crippen molar-refractivity contribution in [2.24, 2.45) is 0 Å². The van der Waals surface area contributed by atoms with Crippen LogP contribution in [0.15, 0.2) is 389 Å². The molecule has 0 fully saturated rings. The average molecular weight is 1870 g/mol. The van der Waals surface area contributed by atoms with Gasteiger partial charge in [0.25, 0.3) is 35.4 Å². The fraction of sp³-hybridized carbons (Fsp3) is 0.0192. The summed E-state index contributed by atoms with van der Waals surface area (Å²) in [4.78, 5) is 74.6. The highest BCUT2D eigenvalue weighted by molar-refractivity contribution is 7.12. The topological polar surface area (TPSA) is 322 Å². The van der Waals surface area contributed by atoms with E-state index in [2.05, 4.69) is 45.2 Å². The summed E-state index contributed by atoms with van der Waals surface area (Å²) >= 11 is 1.42. The van der Waals surface area contributed by atoms with Gasteiger partial charge in [-0.3, -0.25) is 28.8 Å². The second-order valence-electron chi connectivity index (χ2n) is 28.5. The predicted molar refractivity (Wildman–Crippen MR) is 505 cm³/mol. The van der Waals surface area contributed by atoms with Gasteiger partial charge >= 0.3 is 12.7 Å². The van der Waals surface area contributed by atoms with Crippen LogP contribution in [0.2, 0.25) is 0 Å². The standard InChI is InChI=1S/C21H16N4O.2C17H11F3N2O3.C17H11N3O2.C16H12N2O2.C16H12N2OS/c26-21(18-8-11-20(12-9-18)24-15-4-14-22-24)25-16-13-19(23-25)10-7-17-5-2-1-3-6-17;18-17(19,20)25-15-4-1-3-12(11-15)16(23)22-9-8-13(21-22)6-7-14-5-2-10-24-14;18-17(19,20)25-15-6-2-1-5-14(15)16(23)22-10-9-12(21-22)7-8-13-4-3-11-24-13;18-12-13-3-1-4-14(11-13)17(21)20-9-8-15(19-20)6-7-16-5-2-10-22-16;19-16(13-5-2-1-3-6-13)18-11-10-14(17-18)8-9-15-7-4-12-20-15;19-16(15-7-4-12-20-15)18-11-10-14(17-18)9-8-13-5-2-1-3-6-13/h1-16H;2*1-11H;1-11H;2*1-12H/b10-7+;7-6+;8-7+;7-6+;2*9-8+. The molecule has 0 atom stereocenters. The lowest BCUT2D eigenvalue weighted by Gasteiger charge is -2.12. The number of ether oxygens (including phenoxy) is 2. The van der Waals surface area contributed by atoms with Crippen LogP contribution in [0.4, 0.5) is 26.3 Å². The monoisotopic (exact) mass is 1870 g/mol. The van der Waals surface area contributed by atoms with Crippen LogP contribution >= 0.6 is 11.3 Å². The first-order valence-corrected chi connectivity index (χ1v) is 42.3. The van der Waals surface area contributed by atoms with Crippen molar-refractivity contribution in [1.82, 2.24) is 68.5 Å². The maximum absolute atomic E-state index is 12.6. The van der Waals surface area contributed by atoms with Gasteiger partial charge in [0, 0.05) is 71.8 Å². The fourth-order valence-electron chi connectivity index (χ4n) is 12.3. The highest BCUT2D eigenvalue weighted by Crippen LogP contribution is 2.29. The van der Waals surface area contributed by atoms with E-state index in [-0.39, 0.29) is 34.8 Å². The van der Waals surface area contributed by atoms with Gasteiger partial charge in [0.05, 0.1) is 87.0 Å². The van der Waals surface area contributed by atoms with E-state index in [0.717, 1.165) is 61.5 Å². The van der Waals surface area contributed by atoms with E-state index in [1.807, 2.05) is 175 Å². The Morgan fingerprint density at radius 3 is 1.09 bits per heavy atom. The molecule has 0 saturated carbocycles. The number of carbonyl (C=O) groups excluding carboxylic acids is 6. The summed E-state index contributed by atoms with van der Waals surface area (Å²) in [7, 11) is 0. The summed E-state index contributed by atoms with van der Waals surface area (Å²) in [6.07, 6.45) is 30.9. The Hall–Kier alpha value is -19.0. The number of thiophene rings is 1. The molecule has 27 nitrogen and oxygen atoms in total. The van der Waals surface area contributed by atoms with Gasteiger partial charge in [-0.05, 0) is 259 Å². The van der Waals surface area contributed by atoms with E-state index in [9.17, 15) is 55.1 Å². The number of aromatic nitrogens is 14. The predicted octanol–water partition coefficient (Wildman–Crippen LogP) is 22.7. The number of carbonyl (C=O) groups is 6. The van der Waals surface area contributed by atoms with Crippen LogP contribution in [-0.2, 0) is 0 Å². The van der Waals surface area contributed by atoms with Gasteiger partial charge in [0.2, 0.25) is 0 Å². The smallest absolute Gasteiger partial charge is 0.465 e. The first-order chi connectivity index (χ1) is 67.0. The lowest BCUT2D eigenvalue weighted by molar-refractivity contribution is -0.275. The molecule has 0 spiro atoms. The molecule has 19 aromatic rings. The molecule has 138 heavy (non-hydrogen) atoms. The van der Waals surface area contributed by atoms with Crippen molar-refractivity contribution in [3.63, 3.8) is 0 Å². The van der Waals surface area contributed by atoms with Crippen LogP contribution in [0.3, 0.4) is 0 Å². The zero-order valence-electron chi connectivity index (χ0n) is 71.9. The first kappa shape index (κ1) is 95.1. The number of alkyl halides is 6. The van der Waals surface area contributed by atoms with Crippen molar-refractivity contribution in [3.8, 4) is 23.3 Å². The van der Waals surface area contributed by atoms with E-state index in [4.69, 9.17) is 22.9 Å². The maximum atomic E-state index is 12.6. The molecule has 0 unspecified atom stereocenters. The molecule has 0 bridgehead atoms. The minimum absolute atomic E-state index is 0.0198. The lowest BCUT2D eigenvalue weighted by Crippen LogP contribution is -2.21. The highest BCUT2D eigenvalue weighted by atomic mass is 32.1. The van der Waals surface area contributed by atoms with Gasteiger partial charge in [0.1, 0.15) is 34.5 Å². The van der Waals surface area contributed by atoms with E-state index in [1.54, 1.807) is 206 Å². The molecular formula is C104H73F6N15O12S. The molecule has 0 aliphatic heterocycles. The van der Waals surface area contributed by atoms with E-state index < -0.39 is 36.0 Å². The van der Waals surface area contributed by atoms with E-state index in [0.29, 0.717) is 67.2 Å². The van der Waals surface area contributed by atoms with Crippen molar-refractivity contribution in [1.29, 1.82) is 5.26 Å². The molecule has 0 aliphatic carbocycles. The fourth-order valence-corrected chi connectivity index (χ4v) is 12.9. The second-order valence-corrected chi connectivity index (χ2v) is 29.4. The number of para-hydroxylation sites is 1. The Morgan fingerprint density at radius 2 is 0.696 bits per heavy atom. The quantitative estimate of drug-likeness (QED) is 0.0603. The Morgan fingerprint density at radius 1 is 0.326 bits per heavy atom. The Balaban J connectivity index is 0.000000133. The third kappa shape index (κ3) is 28.2. The Labute approximate surface area is 785 Å². The number of halogens is 6. The van der Waals surface area contributed by atoms with E-state index in [1.165, 1.54) is 85.3 Å². The second kappa shape index (κ2) is 46.7. The van der Waals surface area contributed by atoms with Crippen molar-refractivity contribution in [2.75, 3.05) is 0 Å². The van der Waals surface area contributed by atoms with Crippen molar-refractivity contribution in [2.45, 2.75) is 12.7 Å². The number of hydrogen-bond acceptors (Lipinski definition) is 21. The third-order valence-corrected chi connectivity index (χ3v) is 19.6. The Kier molecular flexibility index (Phi) is 32.1. The van der Waals surface area contributed by atoms with Crippen LogP contribution in [0, 0.1) is 11.3 Å². The minimum Gasteiger partial charge on any atom is -0.465 e. The largest absolute Gasteiger partial charge is 0.573 e. The van der Waals surface area contributed by atoms with Crippen molar-refractivity contribution < 1.29 is 82.3 Å². The van der Waals surface area contributed by atoms with Crippen LogP contribution < -0.4 is 9.47 Å². The van der Waals surface area contributed by atoms with Gasteiger partial charge in [-0.1, -0.05) is 121 Å². The molecule has 19 rings (SSSR count). The number of furan rings is 4. The van der Waals surface area contributed by atoms with Gasteiger partial charge in [-0.15, -0.1) is 37.7 Å². The molecule has 0 N–H and O–H groups in total. The molecular weight excluding hydrogens is 1800 g/mol. The van der Waals surface area contributed by atoms with Gasteiger partial charge in [-0.25, -0.2) is 32.8 Å². The lowest BCUT2D eigenvalue weighted by atomic mass is 10.1. The van der Waals surface area contributed by atoms with Crippen molar-refractivity contribution in [3.05, 3.63) is 478 Å².